The number of nitrogens with one attached hydrogen (secondary N) is 1. The number of ether oxygens (including phenoxy) is 2. The SMILES string of the molecule is CCOc1ccc(C2c3c(-c4ccccc4O)n[nH]c3C(=O)N2CCO)cc1OCC. The van der Waals surface area contributed by atoms with E-state index in [0.717, 1.165) is 5.56 Å². The lowest BCUT2D eigenvalue weighted by Gasteiger charge is -2.26. The zero-order valence-corrected chi connectivity index (χ0v) is 17.5. The van der Waals surface area contributed by atoms with Gasteiger partial charge in [0.2, 0.25) is 0 Å². The zero-order valence-electron chi connectivity index (χ0n) is 17.5. The quantitative estimate of drug-likeness (QED) is 0.514. The van der Waals surface area contributed by atoms with E-state index in [2.05, 4.69) is 10.2 Å². The molecule has 0 saturated heterocycles. The van der Waals surface area contributed by atoms with Crippen molar-refractivity contribution in [2.24, 2.45) is 0 Å². The second-order valence-electron chi connectivity index (χ2n) is 7.07. The molecule has 31 heavy (non-hydrogen) atoms. The monoisotopic (exact) mass is 423 g/mol. The molecule has 8 heteroatoms. The molecule has 3 N–H and O–H groups in total. The minimum absolute atomic E-state index is 0.0744. The fourth-order valence-corrected chi connectivity index (χ4v) is 4.00. The number of H-pyrrole nitrogens is 1. The van der Waals surface area contributed by atoms with E-state index >= 15 is 0 Å². The largest absolute Gasteiger partial charge is 0.507 e. The van der Waals surface area contributed by atoms with Gasteiger partial charge in [-0.05, 0) is 43.7 Å². The van der Waals surface area contributed by atoms with Crippen LogP contribution < -0.4 is 9.47 Å². The number of carbonyl (C=O) groups excluding carboxylic acids is 1. The van der Waals surface area contributed by atoms with Crippen LogP contribution in [0.5, 0.6) is 17.2 Å². The summed E-state index contributed by atoms with van der Waals surface area (Å²) in [5, 5.41) is 27.2. The van der Waals surface area contributed by atoms with Gasteiger partial charge in [-0.15, -0.1) is 0 Å². The summed E-state index contributed by atoms with van der Waals surface area (Å²) in [6.45, 7) is 4.74. The Morgan fingerprint density at radius 3 is 2.55 bits per heavy atom. The molecule has 3 aromatic rings. The Bertz CT molecular complexity index is 1090. The number of nitrogens with zero attached hydrogens (tertiary/aromatic N) is 2. The normalized spacial score (nSPS) is 15.3. The number of amides is 1. The molecule has 0 saturated carbocycles. The van der Waals surface area contributed by atoms with Crippen LogP contribution in [0.2, 0.25) is 0 Å². The van der Waals surface area contributed by atoms with Crippen LogP contribution in [0.1, 0.15) is 41.5 Å². The lowest BCUT2D eigenvalue weighted by Crippen LogP contribution is -2.32. The van der Waals surface area contributed by atoms with E-state index in [4.69, 9.17) is 9.47 Å². The number of para-hydroxylation sites is 1. The third-order valence-corrected chi connectivity index (χ3v) is 5.25. The number of carbonyl (C=O) groups is 1. The first-order valence-corrected chi connectivity index (χ1v) is 10.3. The van der Waals surface area contributed by atoms with Crippen LogP contribution in [0.3, 0.4) is 0 Å². The van der Waals surface area contributed by atoms with Crippen molar-refractivity contribution >= 4 is 5.91 Å². The molecule has 8 nitrogen and oxygen atoms in total. The fourth-order valence-electron chi connectivity index (χ4n) is 4.00. The Morgan fingerprint density at radius 1 is 1.10 bits per heavy atom. The highest BCUT2D eigenvalue weighted by Gasteiger charge is 2.42. The second-order valence-corrected chi connectivity index (χ2v) is 7.07. The van der Waals surface area contributed by atoms with Gasteiger partial charge in [-0.3, -0.25) is 9.89 Å². The van der Waals surface area contributed by atoms with Gasteiger partial charge in [-0.1, -0.05) is 18.2 Å². The van der Waals surface area contributed by atoms with Gasteiger partial charge in [0.1, 0.15) is 17.1 Å². The number of aliphatic hydroxyl groups excluding tert-OH is 1. The molecule has 4 rings (SSSR count). The number of rotatable bonds is 8. The highest BCUT2D eigenvalue weighted by Crippen LogP contribution is 2.45. The lowest BCUT2D eigenvalue weighted by atomic mass is 9.95. The summed E-state index contributed by atoms with van der Waals surface area (Å²) in [4.78, 5) is 14.7. The summed E-state index contributed by atoms with van der Waals surface area (Å²) in [6.07, 6.45) is 0. The zero-order chi connectivity index (χ0) is 22.0. The van der Waals surface area contributed by atoms with Gasteiger partial charge in [0.05, 0.1) is 25.9 Å². The summed E-state index contributed by atoms with van der Waals surface area (Å²) < 4.78 is 11.4. The number of aromatic nitrogens is 2. The Kier molecular flexibility index (Phi) is 5.81. The number of aliphatic hydroxyl groups is 1. The average Bonchev–Trinajstić information content (AvgIpc) is 3.30. The van der Waals surface area contributed by atoms with E-state index in [-0.39, 0.29) is 24.8 Å². The molecule has 0 aliphatic carbocycles. The maximum Gasteiger partial charge on any atom is 0.273 e. The van der Waals surface area contributed by atoms with Crippen LogP contribution in [0.15, 0.2) is 42.5 Å². The van der Waals surface area contributed by atoms with Gasteiger partial charge < -0.3 is 24.6 Å². The van der Waals surface area contributed by atoms with E-state index in [1.54, 1.807) is 29.2 Å². The highest BCUT2D eigenvalue weighted by molar-refractivity contribution is 6.00. The molecule has 0 bridgehead atoms. The molecule has 162 valence electrons. The van der Waals surface area contributed by atoms with Crippen molar-refractivity contribution in [3.8, 4) is 28.5 Å². The third-order valence-electron chi connectivity index (χ3n) is 5.25. The molecule has 0 spiro atoms. The summed E-state index contributed by atoms with van der Waals surface area (Å²) in [6, 6.07) is 11.9. The number of fused-ring (bicyclic) bond motifs is 1. The molecule has 1 unspecified atom stereocenters. The standard InChI is InChI=1S/C23H25N3O5/c1-3-30-17-10-9-14(13-18(17)31-4-2)22-19-20(15-7-5-6-8-16(15)28)24-25-21(19)23(29)26(22)11-12-27/h5-10,13,22,27-28H,3-4,11-12H2,1-2H3,(H,24,25). The van der Waals surface area contributed by atoms with Gasteiger partial charge in [0.25, 0.3) is 5.91 Å². The Balaban J connectivity index is 1.88. The molecular weight excluding hydrogens is 398 g/mol. The smallest absolute Gasteiger partial charge is 0.273 e. The maximum atomic E-state index is 13.1. The molecule has 2 aromatic carbocycles. The summed E-state index contributed by atoms with van der Waals surface area (Å²) in [5.74, 6) is 1.03. The van der Waals surface area contributed by atoms with E-state index in [1.165, 1.54) is 0 Å². The van der Waals surface area contributed by atoms with Gasteiger partial charge in [-0.2, -0.15) is 5.10 Å². The van der Waals surface area contributed by atoms with Crippen molar-refractivity contribution in [3.63, 3.8) is 0 Å². The number of phenols is 1. The minimum atomic E-state index is -0.502. The van der Waals surface area contributed by atoms with E-state index in [9.17, 15) is 15.0 Å². The summed E-state index contributed by atoms with van der Waals surface area (Å²) >= 11 is 0. The average molecular weight is 423 g/mol. The molecular formula is C23H25N3O5. The van der Waals surface area contributed by atoms with E-state index in [0.29, 0.717) is 47.2 Å². The molecule has 2 heterocycles. The number of hydrogen-bond acceptors (Lipinski definition) is 6. The molecule has 0 fully saturated rings. The fraction of sp³-hybridized carbons (Fsp3) is 0.304. The number of aromatic hydroxyl groups is 1. The first-order chi connectivity index (χ1) is 15.1. The third kappa shape index (κ3) is 3.59. The van der Waals surface area contributed by atoms with Gasteiger partial charge in [-0.25, -0.2) is 0 Å². The Labute approximate surface area is 180 Å². The van der Waals surface area contributed by atoms with Crippen molar-refractivity contribution in [2.75, 3.05) is 26.4 Å². The predicted molar refractivity (Wildman–Crippen MR) is 114 cm³/mol. The van der Waals surface area contributed by atoms with Crippen molar-refractivity contribution < 1.29 is 24.5 Å². The van der Waals surface area contributed by atoms with Crippen LogP contribution in [0, 0.1) is 0 Å². The molecule has 1 aliphatic heterocycles. The first-order valence-electron chi connectivity index (χ1n) is 10.3. The second kappa shape index (κ2) is 8.69. The van der Waals surface area contributed by atoms with Crippen molar-refractivity contribution in [1.29, 1.82) is 0 Å². The Hall–Kier alpha value is -3.52. The van der Waals surface area contributed by atoms with E-state index < -0.39 is 6.04 Å². The van der Waals surface area contributed by atoms with Crippen LogP contribution in [-0.4, -0.2) is 57.6 Å². The Morgan fingerprint density at radius 2 is 1.84 bits per heavy atom. The van der Waals surface area contributed by atoms with Gasteiger partial charge in [0, 0.05) is 17.7 Å². The van der Waals surface area contributed by atoms with Crippen molar-refractivity contribution in [2.45, 2.75) is 19.9 Å². The minimum Gasteiger partial charge on any atom is -0.507 e. The molecule has 1 aliphatic rings. The number of benzene rings is 2. The van der Waals surface area contributed by atoms with E-state index in [1.807, 2.05) is 32.0 Å². The summed E-state index contributed by atoms with van der Waals surface area (Å²) in [5.41, 5.74) is 2.83. The predicted octanol–water partition coefficient (Wildman–Crippen LogP) is 3.12. The van der Waals surface area contributed by atoms with Crippen LogP contribution in [0.25, 0.3) is 11.3 Å². The number of aromatic amines is 1. The van der Waals surface area contributed by atoms with Crippen LogP contribution in [0.4, 0.5) is 0 Å². The van der Waals surface area contributed by atoms with Crippen molar-refractivity contribution in [1.82, 2.24) is 15.1 Å². The van der Waals surface area contributed by atoms with Crippen LogP contribution in [-0.2, 0) is 0 Å². The number of phenolic OH excluding ortho intramolecular Hbond substituents is 1. The first kappa shape index (κ1) is 20.7. The molecule has 1 aromatic heterocycles. The molecule has 1 amide bonds. The highest BCUT2D eigenvalue weighted by atomic mass is 16.5. The lowest BCUT2D eigenvalue weighted by molar-refractivity contribution is 0.0706. The molecule has 0 radical (unpaired) electrons. The van der Waals surface area contributed by atoms with Gasteiger partial charge in [0.15, 0.2) is 11.5 Å². The summed E-state index contributed by atoms with van der Waals surface area (Å²) in [7, 11) is 0. The van der Waals surface area contributed by atoms with Crippen LogP contribution >= 0.6 is 0 Å². The van der Waals surface area contributed by atoms with Crippen molar-refractivity contribution in [3.05, 3.63) is 59.3 Å². The number of hydrogen-bond donors (Lipinski definition) is 3. The maximum absolute atomic E-state index is 13.1. The number of β-amino-alcohol motifs (C(OH)–C–C–N with tert-alkyl or cyclic N) is 1. The van der Waals surface area contributed by atoms with Gasteiger partial charge >= 0.3 is 0 Å². The molecule has 1 atom stereocenters. The topological polar surface area (TPSA) is 108 Å².